The predicted molar refractivity (Wildman–Crippen MR) is 119 cm³/mol. The maximum absolute atomic E-state index is 12.0. The molecule has 0 heterocycles. The molecule has 0 aliphatic heterocycles. The van der Waals surface area contributed by atoms with E-state index in [-0.39, 0.29) is 72.9 Å². The number of aromatic hydroxyl groups is 1. The normalized spacial score (nSPS) is 12.3. The molecule has 4 rings (SSSR count). The Bertz CT molecular complexity index is 1600. The Labute approximate surface area is 220 Å². The number of azo groups is 1. The molecule has 3 N–H and O–H groups in total. The molecule has 0 amide bonds. The second-order valence-electron chi connectivity index (χ2n) is 6.60. The maximum atomic E-state index is 12.0. The Kier molecular flexibility index (Phi) is 7.08. The summed E-state index contributed by atoms with van der Waals surface area (Å²) in [6.45, 7) is 0. The molecule has 4 aromatic rings. The number of hydrogen-bond acceptors (Lipinski definition) is 7. The van der Waals surface area contributed by atoms with Crippen molar-refractivity contribution in [3.8, 4) is 5.75 Å². The zero-order valence-electron chi connectivity index (χ0n) is 16.2. The topological polar surface area (TPSA) is 154 Å². The first-order valence-electron chi connectivity index (χ1n) is 8.70. The Balaban J connectivity index is 0.00000289. The first-order valence-corrected chi connectivity index (χ1v) is 11.6. The van der Waals surface area contributed by atoms with Crippen molar-refractivity contribution in [2.24, 2.45) is 10.2 Å². The van der Waals surface area contributed by atoms with Gasteiger partial charge in [-0.05, 0) is 35.0 Å². The van der Waals surface area contributed by atoms with Crippen LogP contribution in [0.4, 0.5) is 11.4 Å². The monoisotopic (exact) mass is 546 g/mol. The van der Waals surface area contributed by atoms with Crippen LogP contribution in [0.15, 0.2) is 86.7 Å². The van der Waals surface area contributed by atoms with Crippen molar-refractivity contribution in [1.29, 1.82) is 0 Å². The third-order valence-electron chi connectivity index (χ3n) is 4.61. The van der Waals surface area contributed by atoms with E-state index in [9.17, 15) is 31.0 Å². The Morgan fingerprint density at radius 3 is 2.06 bits per heavy atom. The minimum absolute atomic E-state index is 0. The summed E-state index contributed by atoms with van der Waals surface area (Å²) in [7, 11) is -9.08. The standard InChI is InChI=1S/C20H14N2O7S2.Sr/c23-18-10-6-13-11-14(30(24,25)26)7-8-15(13)19(18)22-21-17-9-5-12-3-1-2-4-16(12)20(17)31(27,28)29;/h1-11,23H,(H,24,25,26)(H,27,28,29);. The van der Waals surface area contributed by atoms with E-state index in [1.54, 1.807) is 24.3 Å². The molecule has 0 fully saturated rings. The number of rotatable bonds is 4. The SMILES string of the molecule is O=S(=O)(O)c1ccc2c(N=Nc3ccc4ccccc4c3S(=O)(=O)O)c(O)ccc2c1.[Sr]. The molecule has 0 atom stereocenters. The van der Waals surface area contributed by atoms with E-state index < -0.39 is 25.1 Å². The van der Waals surface area contributed by atoms with Crippen LogP contribution in [0.5, 0.6) is 5.75 Å². The van der Waals surface area contributed by atoms with Gasteiger partial charge in [-0.3, -0.25) is 9.11 Å². The third-order valence-corrected chi connectivity index (χ3v) is 6.41. The zero-order chi connectivity index (χ0) is 22.4. The van der Waals surface area contributed by atoms with E-state index in [0.29, 0.717) is 16.2 Å². The van der Waals surface area contributed by atoms with Gasteiger partial charge in [-0.25, -0.2) is 0 Å². The number of hydrogen-bond donors (Lipinski definition) is 3. The van der Waals surface area contributed by atoms with E-state index in [4.69, 9.17) is 0 Å². The summed E-state index contributed by atoms with van der Waals surface area (Å²) < 4.78 is 65.7. The summed E-state index contributed by atoms with van der Waals surface area (Å²) in [5.74, 6) is -0.287. The van der Waals surface area contributed by atoms with Gasteiger partial charge >= 0.3 is 0 Å². The van der Waals surface area contributed by atoms with E-state index >= 15 is 0 Å². The van der Waals surface area contributed by atoms with Gasteiger partial charge in [0.05, 0.1) is 4.90 Å². The summed E-state index contributed by atoms with van der Waals surface area (Å²) in [5, 5.41) is 19.6. The van der Waals surface area contributed by atoms with Crippen LogP contribution in [0.2, 0.25) is 0 Å². The van der Waals surface area contributed by atoms with Crippen molar-refractivity contribution in [2.45, 2.75) is 9.79 Å². The first kappa shape index (κ1) is 24.7. The molecule has 160 valence electrons. The minimum Gasteiger partial charge on any atom is -0.506 e. The van der Waals surface area contributed by atoms with E-state index in [2.05, 4.69) is 10.2 Å². The van der Waals surface area contributed by atoms with Crippen LogP contribution < -0.4 is 0 Å². The Morgan fingerprint density at radius 1 is 0.688 bits per heavy atom. The number of fused-ring (bicyclic) bond motifs is 2. The van der Waals surface area contributed by atoms with Gasteiger partial charge in [-0.15, -0.1) is 10.2 Å². The van der Waals surface area contributed by atoms with Crippen LogP contribution >= 0.6 is 0 Å². The summed E-state index contributed by atoms with van der Waals surface area (Å²) >= 11 is 0. The van der Waals surface area contributed by atoms with Crippen LogP contribution in [0.25, 0.3) is 21.5 Å². The van der Waals surface area contributed by atoms with Crippen molar-refractivity contribution in [1.82, 2.24) is 0 Å². The molecular weight excluding hydrogens is 532 g/mol. The van der Waals surface area contributed by atoms with Gasteiger partial charge in [0, 0.05) is 56.3 Å². The maximum Gasteiger partial charge on any atom is 0.297 e. The van der Waals surface area contributed by atoms with Crippen molar-refractivity contribution in [2.75, 3.05) is 0 Å². The average molecular weight is 546 g/mol. The quantitative estimate of drug-likeness (QED) is 0.197. The van der Waals surface area contributed by atoms with Crippen molar-refractivity contribution in [3.05, 3.63) is 66.7 Å². The van der Waals surface area contributed by atoms with Crippen LogP contribution in [-0.2, 0) is 20.2 Å². The third kappa shape index (κ3) is 4.87. The molecule has 2 radical (unpaired) electrons. The molecular formula is C20H14N2O7S2Sr. The molecule has 0 aromatic heterocycles. The second kappa shape index (κ2) is 9.15. The predicted octanol–water partition coefficient (Wildman–Crippen LogP) is 4.23. The molecule has 0 saturated carbocycles. The van der Waals surface area contributed by atoms with Crippen molar-refractivity contribution >= 4 is 98.6 Å². The summed E-state index contributed by atoms with van der Waals surface area (Å²) in [5.41, 5.74) is -0.194. The van der Waals surface area contributed by atoms with E-state index in [1.807, 2.05) is 0 Å². The molecule has 0 aliphatic carbocycles. The Hall–Kier alpha value is -1.90. The molecule has 0 aliphatic rings. The number of phenolic OH excluding ortho intramolecular Hbond substituents is 1. The molecule has 9 nitrogen and oxygen atoms in total. The van der Waals surface area contributed by atoms with Gasteiger partial charge in [0.1, 0.15) is 22.0 Å². The number of nitrogens with zero attached hydrogens (tertiary/aromatic N) is 2. The van der Waals surface area contributed by atoms with Gasteiger partial charge in [-0.2, -0.15) is 16.8 Å². The van der Waals surface area contributed by atoms with Gasteiger partial charge in [-0.1, -0.05) is 42.5 Å². The fraction of sp³-hybridized carbons (Fsp3) is 0. The van der Waals surface area contributed by atoms with Crippen LogP contribution in [0.1, 0.15) is 0 Å². The van der Waals surface area contributed by atoms with Gasteiger partial charge in [0.15, 0.2) is 0 Å². The van der Waals surface area contributed by atoms with Crippen LogP contribution in [0, 0.1) is 0 Å². The van der Waals surface area contributed by atoms with Crippen LogP contribution in [-0.4, -0.2) is 76.5 Å². The molecule has 0 bridgehead atoms. The summed E-state index contributed by atoms with van der Waals surface area (Å²) in [6.07, 6.45) is 0. The molecule has 12 heteroatoms. The zero-order valence-corrected chi connectivity index (χ0v) is 21.4. The summed E-state index contributed by atoms with van der Waals surface area (Å²) in [4.78, 5) is -0.764. The largest absolute Gasteiger partial charge is 0.506 e. The smallest absolute Gasteiger partial charge is 0.297 e. The minimum atomic E-state index is -4.65. The molecule has 0 spiro atoms. The first-order chi connectivity index (χ1) is 14.6. The van der Waals surface area contributed by atoms with E-state index in [0.717, 1.165) is 6.07 Å². The van der Waals surface area contributed by atoms with Gasteiger partial charge in [0.2, 0.25) is 0 Å². The van der Waals surface area contributed by atoms with Crippen LogP contribution in [0.3, 0.4) is 0 Å². The number of phenols is 1. The Morgan fingerprint density at radius 2 is 1.38 bits per heavy atom. The fourth-order valence-corrected chi connectivity index (χ4v) is 4.58. The van der Waals surface area contributed by atoms with Crippen molar-refractivity contribution in [3.63, 3.8) is 0 Å². The molecule has 4 aromatic carbocycles. The van der Waals surface area contributed by atoms with E-state index in [1.165, 1.54) is 36.4 Å². The molecule has 0 saturated heterocycles. The van der Waals surface area contributed by atoms with Gasteiger partial charge in [0.25, 0.3) is 20.2 Å². The second-order valence-corrected chi connectivity index (χ2v) is 9.38. The molecule has 0 unspecified atom stereocenters. The number of benzene rings is 4. The average Bonchev–Trinajstić information content (AvgIpc) is 2.70. The van der Waals surface area contributed by atoms with Gasteiger partial charge < -0.3 is 5.11 Å². The summed E-state index contributed by atoms with van der Waals surface area (Å²) in [6, 6.07) is 15.8. The van der Waals surface area contributed by atoms with Crippen molar-refractivity contribution < 1.29 is 31.0 Å². The fourth-order valence-electron chi connectivity index (χ4n) is 3.23. The molecule has 32 heavy (non-hydrogen) atoms.